The molecule has 1 N–H and O–H groups in total. The van der Waals surface area contributed by atoms with Gasteiger partial charge in [-0.15, -0.1) is 0 Å². The van der Waals surface area contributed by atoms with Gasteiger partial charge in [-0.3, -0.25) is 9.69 Å². The van der Waals surface area contributed by atoms with Crippen molar-refractivity contribution >= 4 is 5.78 Å². The van der Waals surface area contributed by atoms with Gasteiger partial charge in [-0.05, 0) is 60.8 Å². The lowest BCUT2D eigenvalue weighted by atomic mass is 10.0. The third kappa shape index (κ3) is 4.36. The summed E-state index contributed by atoms with van der Waals surface area (Å²) < 4.78 is 0. The van der Waals surface area contributed by atoms with E-state index in [9.17, 15) is 4.79 Å². The molecular weight excluding hydrogens is 224 g/mol. The van der Waals surface area contributed by atoms with E-state index < -0.39 is 0 Å². The first-order chi connectivity index (χ1) is 8.21. The van der Waals surface area contributed by atoms with Crippen LogP contribution in [0.3, 0.4) is 0 Å². The van der Waals surface area contributed by atoms with Gasteiger partial charge in [0.25, 0.3) is 0 Å². The zero-order chi connectivity index (χ0) is 13.9. The first kappa shape index (κ1) is 15.6. The quantitative estimate of drug-likeness (QED) is 0.818. The van der Waals surface area contributed by atoms with Crippen LogP contribution in [0.4, 0.5) is 0 Å². The maximum Gasteiger partial charge on any atom is 0.146 e. The SMILES string of the molecule is CC(=O)C1CCC(CCN(C(C)C)C(C)(C)C)N1. The molecule has 0 amide bonds. The number of hydrogen-bond donors (Lipinski definition) is 1. The standard InChI is InChI=1S/C15H30N2O/c1-11(2)17(15(4,5)6)10-9-13-7-8-14(16-13)12(3)18/h11,13-14,16H,7-10H2,1-6H3. The topological polar surface area (TPSA) is 32.3 Å². The van der Waals surface area contributed by atoms with Crippen LogP contribution < -0.4 is 5.32 Å². The van der Waals surface area contributed by atoms with E-state index in [-0.39, 0.29) is 17.4 Å². The molecule has 0 radical (unpaired) electrons. The normalized spacial score (nSPS) is 25.1. The first-order valence-corrected chi connectivity index (χ1v) is 7.25. The Morgan fingerprint density at radius 1 is 1.33 bits per heavy atom. The Morgan fingerprint density at radius 2 is 1.94 bits per heavy atom. The van der Waals surface area contributed by atoms with Crippen LogP contribution in [-0.2, 0) is 4.79 Å². The first-order valence-electron chi connectivity index (χ1n) is 7.25. The summed E-state index contributed by atoms with van der Waals surface area (Å²) in [5.41, 5.74) is 0.215. The second-order valence-corrected chi connectivity index (χ2v) is 6.85. The zero-order valence-corrected chi connectivity index (χ0v) is 12.9. The van der Waals surface area contributed by atoms with Gasteiger partial charge in [0.1, 0.15) is 5.78 Å². The summed E-state index contributed by atoms with van der Waals surface area (Å²) in [6.45, 7) is 14.1. The zero-order valence-electron chi connectivity index (χ0n) is 12.9. The monoisotopic (exact) mass is 254 g/mol. The van der Waals surface area contributed by atoms with Crippen molar-refractivity contribution in [2.45, 2.75) is 84.5 Å². The molecular formula is C15H30N2O. The predicted molar refractivity (Wildman–Crippen MR) is 76.8 cm³/mol. The number of rotatable bonds is 5. The van der Waals surface area contributed by atoms with Gasteiger partial charge in [0.2, 0.25) is 0 Å². The molecule has 18 heavy (non-hydrogen) atoms. The molecule has 0 aromatic carbocycles. The van der Waals surface area contributed by atoms with Crippen molar-refractivity contribution in [1.29, 1.82) is 0 Å². The second kappa shape index (κ2) is 6.16. The molecule has 0 aromatic rings. The van der Waals surface area contributed by atoms with Gasteiger partial charge in [-0.1, -0.05) is 0 Å². The summed E-state index contributed by atoms with van der Waals surface area (Å²) in [7, 11) is 0. The molecule has 3 heteroatoms. The minimum absolute atomic E-state index is 0.108. The average molecular weight is 254 g/mol. The highest BCUT2D eigenvalue weighted by atomic mass is 16.1. The third-order valence-corrected chi connectivity index (χ3v) is 3.93. The minimum atomic E-state index is 0.108. The summed E-state index contributed by atoms with van der Waals surface area (Å²) >= 11 is 0. The fraction of sp³-hybridized carbons (Fsp3) is 0.933. The molecule has 106 valence electrons. The molecule has 1 fully saturated rings. The van der Waals surface area contributed by atoms with Crippen LogP contribution in [0, 0.1) is 0 Å². The number of ketones is 1. The number of carbonyl (C=O) groups excluding carboxylic acids is 1. The van der Waals surface area contributed by atoms with Crippen LogP contribution >= 0.6 is 0 Å². The van der Waals surface area contributed by atoms with Crippen LogP contribution in [0.2, 0.25) is 0 Å². The summed E-state index contributed by atoms with van der Waals surface area (Å²) in [5.74, 6) is 0.286. The van der Waals surface area contributed by atoms with Crippen molar-refractivity contribution in [2.24, 2.45) is 0 Å². The molecule has 1 heterocycles. The largest absolute Gasteiger partial charge is 0.305 e. The smallest absolute Gasteiger partial charge is 0.146 e. The van der Waals surface area contributed by atoms with E-state index in [1.807, 2.05) is 0 Å². The molecule has 1 rings (SSSR count). The van der Waals surface area contributed by atoms with Crippen molar-refractivity contribution in [3.05, 3.63) is 0 Å². The van der Waals surface area contributed by atoms with Crippen molar-refractivity contribution in [1.82, 2.24) is 10.2 Å². The lowest BCUT2D eigenvalue weighted by Gasteiger charge is -2.39. The summed E-state index contributed by atoms with van der Waals surface area (Å²) in [4.78, 5) is 13.9. The van der Waals surface area contributed by atoms with E-state index in [1.165, 1.54) is 0 Å². The van der Waals surface area contributed by atoms with Crippen LogP contribution in [-0.4, -0.2) is 40.9 Å². The van der Waals surface area contributed by atoms with Crippen molar-refractivity contribution in [2.75, 3.05) is 6.54 Å². The minimum Gasteiger partial charge on any atom is -0.305 e. The van der Waals surface area contributed by atoms with E-state index in [0.717, 1.165) is 25.8 Å². The second-order valence-electron chi connectivity index (χ2n) is 6.85. The maximum absolute atomic E-state index is 11.3. The molecule has 0 bridgehead atoms. The molecule has 0 spiro atoms. The number of carbonyl (C=O) groups is 1. The molecule has 1 aliphatic rings. The van der Waals surface area contributed by atoms with Crippen molar-refractivity contribution in [3.63, 3.8) is 0 Å². The Bertz CT molecular complexity index is 281. The van der Waals surface area contributed by atoms with Crippen LogP contribution in [0.1, 0.15) is 60.8 Å². The van der Waals surface area contributed by atoms with Gasteiger partial charge in [0.05, 0.1) is 6.04 Å². The highest BCUT2D eigenvalue weighted by molar-refractivity contribution is 5.81. The molecule has 1 saturated heterocycles. The fourth-order valence-electron chi connectivity index (χ4n) is 3.03. The van der Waals surface area contributed by atoms with Gasteiger partial charge in [-0.2, -0.15) is 0 Å². The molecule has 1 aliphatic heterocycles. The van der Waals surface area contributed by atoms with Crippen LogP contribution in [0.5, 0.6) is 0 Å². The molecule has 0 saturated carbocycles. The Balaban J connectivity index is 2.43. The molecule has 2 unspecified atom stereocenters. The van der Waals surface area contributed by atoms with Crippen molar-refractivity contribution in [3.8, 4) is 0 Å². The number of nitrogens with zero attached hydrogens (tertiary/aromatic N) is 1. The van der Waals surface area contributed by atoms with Crippen LogP contribution in [0.15, 0.2) is 0 Å². The van der Waals surface area contributed by atoms with Gasteiger partial charge in [0, 0.05) is 24.2 Å². The van der Waals surface area contributed by atoms with Crippen molar-refractivity contribution < 1.29 is 4.79 Å². The fourth-order valence-corrected chi connectivity index (χ4v) is 3.03. The molecule has 2 atom stereocenters. The molecule has 3 nitrogen and oxygen atoms in total. The predicted octanol–water partition coefficient (Wildman–Crippen LogP) is 2.60. The lowest BCUT2D eigenvalue weighted by Crippen LogP contribution is -2.47. The van der Waals surface area contributed by atoms with Gasteiger partial charge in [-0.25, -0.2) is 0 Å². The number of nitrogens with one attached hydrogen (secondary N) is 1. The Hall–Kier alpha value is -0.410. The number of Topliss-reactive ketones (excluding diaryl/α,β-unsaturated/α-hetero) is 1. The van der Waals surface area contributed by atoms with Gasteiger partial charge < -0.3 is 5.32 Å². The van der Waals surface area contributed by atoms with E-state index in [4.69, 9.17) is 0 Å². The van der Waals surface area contributed by atoms with E-state index in [2.05, 4.69) is 44.8 Å². The summed E-state index contributed by atoms with van der Waals surface area (Å²) in [6.07, 6.45) is 3.29. The highest BCUT2D eigenvalue weighted by Gasteiger charge is 2.29. The summed E-state index contributed by atoms with van der Waals surface area (Å²) in [5, 5.41) is 3.46. The third-order valence-electron chi connectivity index (χ3n) is 3.93. The van der Waals surface area contributed by atoms with Gasteiger partial charge in [0.15, 0.2) is 0 Å². The Labute approximate surface area is 112 Å². The van der Waals surface area contributed by atoms with E-state index in [1.54, 1.807) is 6.92 Å². The number of hydrogen-bond acceptors (Lipinski definition) is 3. The lowest BCUT2D eigenvalue weighted by molar-refractivity contribution is -0.118. The Kier molecular flexibility index (Phi) is 5.35. The average Bonchev–Trinajstić information content (AvgIpc) is 2.63. The summed E-state index contributed by atoms with van der Waals surface area (Å²) in [6, 6.07) is 1.19. The molecule has 0 aliphatic carbocycles. The maximum atomic E-state index is 11.3. The van der Waals surface area contributed by atoms with E-state index >= 15 is 0 Å². The highest BCUT2D eigenvalue weighted by Crippen LogP contribution is 2.21. The molecule has 0 aromatic heterocycles. The van der Waals surface area contributed by atoms with Gasteiger partial charge >= 0.3 is 0 Å². The van der Waals surface area contributed by atoms with Crippen LogP contribution in [0.25, 0.3) is 0 Å². The van der Waals surface area contributed by atoms with E-state index in [0.29, 0.717) is 12.1 Å². The Morgan fingerprint density at radius 3 is 2.33 bits per heavy atom.